The minimum absolute atomic E-state index is 0.207. The van der Waals surface area contributed by atoms with Gasteiger partial charge in [0.2, 0.25) is 0 Å². The van der Waals surface area contributed by atoms with Gasteiger partial charge in [-0.05, 0) is 0 Å². The molecule has 30 heavy (non-hydrogen) atoms. The summed E-state index contributed by atoms with van der Waals surface area (Å²) >= 11 is 23.2. The second-order valence-corrected chi connectivity index (χ2v) is 12.1. The molecule has 0 aromatic rings. The van der Waals surface area contributed by atoms with Gasteiger partial charge in [0.1, 0.15) is 0 Å². The maximum Gasteiger partial charge on any atom is 0.345 e. The largest absolute Gasteiger partial charge is 0.345 e. The maximum absolute atomic E-state index is 13.1. The Hall–Kier alpha value is 1.30. The van der Waals surface area contributed by atoms with Crippen molar-refractivity contribution in [1.82, 2.24) is 19.5 Å². The number of hydrogen-bond donors (Lipinski definition) is 2. The lowest BCUT2D eigenvalue weighted by Crippen LogP contribution is -2.46. The summed E-state index contributed by atoms with van der Waals surface area (Å²) in [6.07, 6.45) is -0.567. The molecule has 0 aromatic heterocycles. The van der Waals surface area contributed by atoms with Crippen molar-refractivity contribution < 1.29 is 28.0 Å². The highest BCUT2D eigenvalue weighted by Crippen LogP contribution is 2.51. The van der Waals surface area contributed by atoms with Crippen molar-refractivity contribution in [2.45, 2.75) is 25.3 Å². The van der Waals surface area contributed by atoms with Gasteiger partial charge in [0.25, 0.3) is 0 Å². The van der Waals surface area contributed by atoms with Crippen LogP contribution < -0.4 is 10.2 Å². The molecule has 0 radical (unpaired) electrons. The molecule has 178 valence electrons. The fourth-order valence-corrected chi connectivity index (χ4v) is 8.20. The molecule has 0 saturated carbocycles. The highest BCUT2D eigenvalue weighted by atomic mass is 35.5. The Morgan fingerprint density at radius 1 is 0.733 bits per heavy atom. The Bertz CT molecular complexity index is 551. The summed E-state index contributed by atoms with van der Waals surface area (Å²) in [5.74, 6) is 1.10. The second kappa shape index (κ2) is 13.9. The molecule has 2 saturated heterocycles. The maximum atomic E-state index is 13.1. The van der Waals surface area contributed by atoms with Gasteiger partial charge in [-0.2, -0.15) is 0 Å². The van der Waals surface area contributed by atoms with Crippen LogP contribution in [0.5, 0.6) is 0 Å². The third-order valence-electron chi connectivity index (χ3n) is 4.31. The van der Waals surface area contributed by atoms with Gasteiger partial charge in [-0.15, -0.1) is 46.4 Å². The number of hydrogen-bond acceptors (Lipinski definition) is 6. The van der Waals surface area contributed by atoms with E-state index in [1.807, 2.05) is 0 Å². The van der Waals surface area contributed by atoms with Crippen LogP contribution in [0.2, 0.25) is 0 Å². The summed E-state index contributed by atoms with van der Waals surface area (Å²) in [6, 6.07) is 0. The van der Waals surface area contributed by atoms with Crippen LogP contribution in [0.1, 0.15) is 12.8 Å². The summed E-state index contributed by atoms with van der Waals surface area (Å²) in [5, 5.41) is 5.69. The lowest BCUT2D eigenvalue weighted by molar-refractivity contribution is -0.361. The third-order valence-corrected chi connectivity index (χ3v) is 9.57. The number of halogens is 4. The first kappa shape index (κ1) is 27.5. The standard InChI is InChI=1S/C14H28Cl4N4O6P2/c15-3-7-21(8-4-16)29(23)19-13(1-11-25-29)27-28-14-2-12-26-30(24,20-14)22(9-5-17)10-6-18/h13-14H,1-12H2,(H,19,23)(H,20,24). The summed E-state index contributed by atoms with van der Waals surface area (Å²) in [4.78, 5) is 10.9. The molecule has 2 rings (SSSR count). The van der Waals surface area contributed by atoms with Crippen LogP contribution in [0.25, 0.3) is 0 Å². The van der Waals surface area contributed by atoms with Crippen LogP contribution in [-0.2, 0) is 28.0 Å². The molecular weight excluding hydrogens is 524 g/mol. The van der Waals surface area contributed by atoms with Gasteiger partial charge in [-0.1, -0.05) is 0 Å². The smallest absolute Gasteiger partial charge is 0.306 e. The van der Waals surface area contributed by atoms with E-state index in [4.69, 9.17) is 65.2 Å². The lowest BCUT2D eigenvalue weighted by atomic mass is 10.4. The summed E-state index contributed by atoms with van der Waals surface area (Å²) < 4.78 is 40.4. The number of rotatable bonds is 13. The van der Waals surface area contributed by atoms with Crippen LogP contribution in [0, 0.1) is 0 Å². The molecule has 0 bridgehead atoms. The number of nitrogens with zero attached hydrogens (tertiary/aromatic N) is 2. The minimum Gasteiger partial charge on any atom is -0.306 e. The van der Waals surface area contributed by atoms with E-state index in [0.29, 0.717) is 39.0 Å². The first-order valence-corrected chi connectivity index (χ1v) is 14.8. The van der Waals surface area contributed by atoms with Gasteiger partial charge >= 0.3 is 15.3 Å². The molecule has 2 N–H and O–H groups in total. The van der Waals surface area contributed by atoms with Crippen LogP contribution in [0.15, 0.2) is 0 Å². The fourth-order valence-electron chi connectivity index (χ4n) is 2.87. The van der Waals surface area contributed by atoms with Crippen molar-refractivity contribution in [3.8, 4) is 0 Å². The van der Waals surface area contributed by atoms with E-state index in [9.17, 15) is 9.13 Å². The predicted octanol–water partition coefficient (Wildman–Crippen LogP) is 3.38. The zero-order valence-electron chi connectivity index (χ0n) is 16.4. The molecule has 0 aliphatic carbocycles. The van der Waals surface area contributed by atoms with E-state index >= 15 is 0 Å². The Kier molecular flexibility index (Phi) is 12.7. The van der Waals surface area contributed by atoms with Gasteiger partial charge in [0, 0.05) is 62.5 Å². The van der Waals surface area contributed by atoms with E-state index in [1.54, 1.807) is 9.34 Å². The average Bonchev–Trinajstić information content (AvgIpc) is 2.72. The van der Waals surface area contributed by atoms with Gasteiger partial charge in [0.05, 0.1) is 13.2 Å². The number of nitrogens with one attached hydrogen (secondary N) is 2. The number of alkyl halides is 4. The third kappa shape index (κ3) is 7.96. The molecule has 2 heterocycles. The topological polar surface area (TPSA) is 102 Å². The molecule has 2 aliphatic rings. The highest BCUT2D eigenvalue weighted by Gasteiger charge is 2.41. The molecule has 2 fully saturated rings. The molecule has 4 atom stereocenters. The van der Waals surface area contributed by atoms with E-state index in [2.05, 4.69) is 10.2 Å². The fraction of sp³-hybridized carbons (Fsp3) is 1.00. The zero-order chi connectivity index (χ0) is 22.0. The van der Waals surface area contributed by atoms with Crippen LogP contribution in [0.3, 0.4) is 0 Å². The SMILES string of the molecule is O=P1(N(CCCl)CCCl)NC(OOC2CCOP(=O)(N(CCCl)CCCl)N2)CCO1. The van der Waals surface area contributed by atoms with E-state index in [1.165, 1.54) is 0 Å². The van der Waals surface area contributed by atoms with E-state index < -0.39 is 27.8 Å². The van der Waals surface area contributed by atoms with Crippen LogP contribution in [-0.4, -0.2) is 84.7 Å². The first-order valence-electron chi connectivity index (χ1n) is 9.52. The normalized spacial score (nSPS) is 32.7. The Labute approximate surface area is 197 Å². The van der Waals surface area contributed by atoms with Crippen molar-refractivity contribution >= 4 is 61.7 Å². The Morgan fingerprint density at radius 3 is 1.37 bits per heavy atom. The molecule has 2 aliphatic heterocycles. The summed E-state index contributed by atoms with van der Waals surface area (Å²) in [7, 11) is -6.74. The van der Waals surface area contributed by atoms with Crippen molar-refractivity contribution in [2.75, 3.05) is 62.9 Å². The molecule has 4 unspecified atom stereocenters. The van der Waals surface area contributed by atoms with Crippen molar-refractivity contribution in [3.05, 3.63) is 0 Å². The lowest BCUT2D eigenvalue weighted by Gasteiger charge is -2.38. The van der Waals surface area contributed by atoms with Gasteiger partial charge in [-0.3, -0.25) is 9.13 Å². The summed E-state index contributed by atoms with van der Waals surface area (Å²) in [5.41, 5.74) is 0. The molecule has 10 nitrogen and oxygen atoms in total. The monoisotopic (exact) mass is 550 g/mol. The molecule has 0 aromatic carbocycles. The van der Waals surface area contributed by atoms with Crippen molar-refractivity contribution in [3.63, 3.8) is 0 Å². The quantitative estimate of drug-likeness (QED) is 0.153. The first-order chi connectivity index (χ1) is 14.4. The van der Waals surface area contributed by atoms with Gasteiger partial charge in [0.15, 0.2) is 12.5 Å². The van der Waals surface area contributed by atoms with Crippen LogP contribution >= 0.6 is 61.7 Å². The Morgan fingerprint density at radius 2 is 1.07 bits per heavy atom. The molecular formula is C14H28Cl4N4O6P2. The predicted molar refractivity (Wildman–Crippen MR) is 118 cm³/mol. The second-order valence-electron chi connectivity index (χ2n) is 6.38. The van der Waals surface area contributed by atoms with Gasteiger partial charge < -0.3 is 9.05 Å². The van der Waals surface area contributed by atoms with Crippen molar-refractivity contribution in [2.24, 2.45) is 0 Å². The zero-order valence-corrected chi connectivity index (χ0v) is 21.2. The molecule has 0 spiro atoms. The summed E-state index contributed by atoms with van der Waals surface area (Å²) in [6.45, 7) is 1.78. The van der Waals surface area contributed by atoms with Crippen LogP contribution in [0.4, 0.5) is 0 Å². The minimum atomic E-state index is -3.37. The average molecular weight is 552 g/mol. The van der Waals surface area contributed by atoms with E-state index in [-0.39, 0.29) is 36.7 Å². The molecule has 0 amide bonds. The van der Waals surface area contributed by atoms with Gasteiger partial charge in [-0.25, -0.2) is 29.3 Å². The molecule has 16 heteroatoms. The highest BCUT2D eigenvalue weighted by molar-refractivity contribution is 7.54. The van der Waals surface area contributed by atoms with E-state index in [0.717, 1.165) is 0 Å². The Balaban J connectivity index is 1.92. The van der Waals surface area contributed by atoms with Crippen molar-refractivity contribution in [1.29, 1.82) is 0 Å².